The molecule has 0 bridgehead atoms. The summed E-state index contributed by atoms with van der Waals surface area (Å²) in [6.07, 6.45) is 2.34. The van der Waals surface area contributed by atoms with Crippen molar-refractivity contribution in [3.63, 3.8) is 0 Å². The Morgan fingerprint density at radius 2 is 1.88 bits per heavy atom. The third-order valence-electron chi connectivity index (χ3n) is 7.31. The van der Waals surface area contributed by atoms with Crippen molar-refractivity contribution in [2.24, 2.45) is 0 Å². The third-order valence-corrected chi connectivity index (χ3v) is 10.3. The maximum Gasteiger partial charge on any atom is 0.341 e. The fraction of sp³-hybridized carbons (Fsp3) is 0.379. The summed E-state index contributed by atoms with van der Waals surface area (Å²) in [7, 11) is -0.857. The molecule has 1 aromatic heterocycles. The predicted molar refractivity (Wildman–Crippen MR) is 160 cm³/mol. The first-order chi connectivity index (χ1) is 19.3. The van der Waals surface area contributed by atoms with E-state index in [9.17, 15) is 18.0 Å². The fourth-order valence-corrected chi connectivity index (χ4v) is 7.62. The van der Waals surface area contributed by atoms with Crippen LogP contribution in [0, 0.1) is 0 Å². The van der Waals surface area contributed by atoms with Crippen LogP contribution in [0.15, 0.2) is 59.5 Å². The molecule has 0 aliphatic carbocycles. The molecule has 2 aliphatic heterocycles. The summed E-state index contributed by atoms with van der Waals surface area (Å²) in [4.78, 5) is 29.4. The summed E-state index contributed by atoms with van der Waals surface area (Å²) in [5.41, 5.74) is 2.80. The van der Waals surface area contributed by atoms with Crippen molar-refractivity contribution in [2.45, 2.75) is 43.4 Å². The van der Waals surface area contributed by atoms with Crippen LogP contribution in [-0.2, 0) is 39.0 Å². The number of nitrogens with zero attached hydrogens (tertiary/aromatic N) is 2. The second kappa shape index (κ2) is 13.5. The van der Waals surface area contributed by atoms with E-state index in [-0.39, 0.29) is 35.5 Å². The quantitative estimate of drug-likeness (QED) is 0.350. The molecule has 1 unspecified atom stereocenters. The summed E-state index contributed by atoms with van der Waals surface area (Å²) < 4.78 is 37.9. The molecule has 1 fully saturated rings. The standard InChI is InChI=1S/C29H33N3O6S2.ClH/c1-31(18-22-9-6-16-38-22)40(35,36)23-12-10-21(11-13-23)27(33)30-28-26(29(34)37-2)24-14-15-32(19-25(24)39-28)17-20-7-4-3-5-8-20;/h3-5,7-8,10-13,22H,6,9,14-19H2,1-2H3,(H,30,33);1H. The van der Waals surface area contributed by atoms with E-state index in [1.165, 1.54) is 59.6 Å². The van der Waals surface area contributed by atoms with Crippen LogP contribution in [0.1, 0.15) is 49.6 Å². The van der Waals surface area contributed by atoms with Gasteiger partial charge in [-0.05, 0) is 54.7 Å². The van der Waals surface area contributed by atoms with Gasteiger partial charge in [-0.25, -0.2) is 13.2 Å². The van der Waals surface area contributed by atoms with Crippen LogP contribution in [0.5, 0.6) is 0 Å². The Morgan fingerprint density at radius 3 is 2.54 bits per heavy atom. The Balaban J connectivity index is 0.00000387. The summed E-state index contributed by atoms with van der Waals surface area (Å²) in [5, 5.41) is 3.32. The van der Waals surface area contributed by atoms with Crippen LogP contribution >= 0.6 is 23.7 Å². The molecule has 12 heteroatoms. The minimum Gasteiger partial charge on any atom is -0.465 e. The molecule has 2 aromatic carbocycles. The van der Waals surface area contributed by atoms with Gasteiger partial charge in [0.1, 0.15) is 5.00 Å². The van der Waals surface area contributed by atoms with Gasteiger partial charge in [0.2, 0.25) is 10.0 Å². The van der Waals surface area contributed by atoms with Crippen LogP contribution in [0.25, 0.3) is 0 Å². The molecule has 2 aliphatic rings. The minimum absolute atomic E-state index is 0. The largest absolute Gasteiger partial charge is 0.465 e. The molecule has 0 saturated carbocycles. The van der Waals surface area contributed by atoms with Crippen molar-refractivity contribution in [3.8, 4) is 0 Å². The van der Waals surface area contributed by atoms with E-state index in [1.54, 1.807) is 0 Å². The highest BCUT2D eigenvalue weighted by atomic mass is 35.5. The first-order valence-electron chi connectivity index (χ1n) is 13.2. The smallest absolute Gasteiger partial charge is 0.341 e. The normalized spacial score (nSPS) is 17.1. The summed E-state index contributed by atoms with van der Waals surface area (Å²) in [6.45, 7) is 3.19. The number of likely N-dealkylation sites (N-methyl/N-ethyl adjacent to an activating group) is 1. The highest BCUT2D eigenvalue weighted by molar-refractivity contribution is 7.89. The summed E-state index contributed by atoms with van der Waals surface area (Å²) >= 11 is 1.38. The molecule has 1 N–H and O–H groups in total. The van der Waals surface area contributed by atoms with Gasteiger partial charge in [-0.2, -0.15) is 4.31 Å². The number of sulfonamides is 1. The zero-order valence-electron chi connectivity index (χ0n) is 23.0. The van der Waals surface area contributed by atoms with Crippen LogP contribution in [0.3, 0.4) is 0 Å². The Hall–Kier alpha value is -2.80. The third kappa shape index (κ3) is 6.99. The van der Waals surface area contributed by atoms with E-state index in [0.29, 0.717) is 30.1 Å². The molecule has 5 rings (SSSR count). The lowest BCUT2D eigenvalue weighted by molar-refractivity contribution is 0.0600. The Kier molecular flexibility index (Phi) is 10.2. The van der Waals surface area contributed by atoms with Gasteiger partial charge in [-0.1, -0.05) is 30.3 Å². The number of carbonyl (C=O) groups excluding carboxylic acids is 2. The Labute approximate surface area is 250 Å². The van der Waals surface area contributed by atoms with Gasteiger partial charge in [0, 0.05) is 50.3 Å². The van der Waals surface area contributed by atoms with Gasteiger partial charge in [0.05, 0.1) is 23.7 Å². The SMILES string of the molecule is COC(=O)c1c(NC(=O)c2ccc(S(=O)(=O)N(C)CC3CCCO3)cc2)sc2c1CCN(Cc1ccccc1)C2.Cl. The number of rotatable bonds is 9. The number of halogens is 1. The Bertz CT molecular complexity index is 1470. The van der Waals surface area contributed by atoms with Gasteiger partial charge in [0.25, 0.3) is 5.91 Å². The van der Waals surface area contributed by atoms with Crippen LogP contribution in [0.4, 0.5) is 5.00 Å². The predicted octanol–water partition coefficient (Wildman–Crippen LogP) is 4.57. The molecule has 220 valence electrons. The van der Waals surface area contributed by atoms with Gasteiger partial charge < -0.3 is 14.8 Å². The molecular weight excluding hydrogens is 586 g/mol. The van der Waals surface area contributed by atoms with Crippen molar-refractivity contribution >= 4 is 50.6 Å². The zero-order valence-corrected chi connectivity index (χ0v) is 25.4. The zero-order chi connectivity index (χ0) is 28.3. The number of ether oxygens (including phenoxy) is 2. The monoisotopic (exact) mass is 619 g/mol. The van der Waals surface area contributed by atoms with Crippen molar-refractivity contribution in [1.29, 1.82) is 0 Å². The molecule has 0 radical (unpaired) electrons. The molecular formula is C29H34ClN3O6S2. The number of thiophene rings is 1. The maximum absolute atomic E-state index is 13.2. The second-order valence-corrected chi connectivity index (χ2v) is 13.2. The topological polar surface area (TPSA) is 105 Å². The molecule has 1 amide bonds. The number of methoxy groups -OCH3 is 1. The van der Waals surface area contributed by atoms with E-state index in [0.717, 1.165) is 36.4 Å². The lowest BCUT2D eigenvalue weighted by atomic mass is 10.0. The number of amides is 1. The van der Waals surface area contributed by atoms with Crippen molar-refractivity contribution in [3.05, 3.63) is 81.7 Å². The number of carbonyl (C=O) groups is 2. The number of hydrogen-bond acceptors (Lipinski definition) is 8. The summed E-state index contributed by atoms with van der Waals surface area (Å²) in [5.74, 6) is -0.915. The molecule has 3 heterocycles. The number of esters is 1. The fourth-order valence-electron chi connectivity index (χ4n) is 5.15. The highest BCUT2D eigenvalue weighted by Crippen LogP contribution is 2.38. The van der Waals surface area contributed by atoms with Crippen LogP contribution < -0.4 is 5.32 Å². The lowest BCUT2D eigenvalue weighted by Crippen LogP contribution is -2.34. The van der Waals surface area contributed by atoms with Gasteiger partial charge in [-0.3, -0.25) is 9.69 Å². The van der Waals surface area contributed by atoms with E-state index in [2.05, 4.69) is 22.3 Å². The van der Waals surface area contributed by atoms with Gasteiger partial charge in [0.15, 0.2) is 0 Å². The number of anilines is 1. The maximum atomic E-state index is 13.2. The van der Waals surface area contributed by atoms with Crippen molar-refractivity contribution in [2.75, 3.05) is 39.2 Å². The van der Waals surface area contributed by atoms with Crippen LogP contribution in [0.2, 0.25) is 0 Å². The van der Waals surface area contributed by atoms with Crippen LogP contribution in [-0.4, -0.2) is 69.5 Å². The minimum atomic E-state index is -3.72. The lowest BCUT2D eigenvalue weighted by Gasteiger charge is -2.27. The molecule has 1 saturated heterocycles. The van der Waals surface area contributed by atoms with Gasteiger partial charge >= 0.3 is 5.97 Å². The molecule has 9 nitrogen and oxygen atoms in total. The van der Waals surface area contributed by atoms with Crippen molar-refractivity contribution in [1.82, 2.24) is 9.21 Å². The molecule has 41 heavy (non-hydrogen) atoms. The number of hydrogen-bond donors (Lipinski definition) is 1. The van der Waals surface area contributed by atoms with E-state index < -0.39 is 21.9 Å². The van der Waals surface area contributed by atoms with Crippen molar-refractivity contribution < 1.29 is 27.5 Å². The van der Waals surface area contributed by atoms with E-state index in [4.69, 9.17) is 9.47 Å². The van der Waals surface area contributed by atoms with E-state index in [1.807, 2.05) is 18.2 Å². The van der Waals surface area contributed by atoms with E-state index >= 15 is 0 Å². The average Bonchev–Trinajstić information content (AvgIpc) is 3.60. The molecule has 1 atom stereocenters. The summed E-state index contributed by atoms with van der Waals surface area (Å²) in [6, 6.07) is 16.0. The molecule has 3 aromatic rings. The Morgan fingerprint density at radius 1 is 1.15 bits per heavy atom. The second-order valence-electron chi connectivity index (χ2n) is 10.0. The number of benzene rings is 2. The average molecular weight is 620 g/mol. The first kappa shape index (κ1) is 31.1. The molecule has 0 spiro atoms. The first-order valence-corrected chi connectivity index (χ1v) is 15.5. The highest BCUT2D eigenvalue weighted by Gasteiger charge is 2.30. The van der Waals surface area contributed by atoms with Gasteiger partial charge in [-0.15, -0.1) is 23.7 Å². The number of fused-ring (bicyclic) bond motifs is 1. The number of nitrogens with one attached hydrogen (secondary N) is 1.